The van der Waals surface area contributed by atoms with Gasteiger partial charge in [-0.1, -0.05) is 24.3 Å². The zero-order chi connectivity index (χ0) is 19.9. The van der Waals surface area contributed by atoms with Gasteiger partial charge in [0.25, 0.3) is 5.91 Å². The minimum Gasteiger partial charge on any atom is -0.346 e. The molecule has 4 nitrogen and oxygen atoms in total. The number of pyridine rings is 1. The summed E-state index contributed by atoms with van der Waals surface area (Å²) in [5.41, 5.74) is -1.93. The minimum absolute atomic E-state index is 0.0530. The first-order valence-corrected chi connectivity index (χ1v) is 8.89. The van der Waals surface area contributed by atoms with Crippen LogP contribution in [0.3, 0.4) is 0 Å². The summed E-state index contributed by atoms with van der Waals surface area (Å²) in [4.78, 5) is 16.8. The number of aromatic nitrogens is 2. The summed E-state index contributed by atoms with van der Waals surface area (Å²) in [5.74, 6) is -0.702. The molecule has 4 rings (SSSR count). The van der Waals surface area contributed by atoms with Gasteiger partial charge in [0, 0.05) is 11.8 Å². The topological polar surface area (TPSA) is 46.4 Å². The molecule has 1 aromatic carbocycles. The average Bonchev–Trinajstić information content (AvgIpc) is 3.03. The Hall–Kier alpha value is -2.90. The third kappa shape index (κ3) is 3.23. The summed E-state index contributed by atoms with van der Waals surface area (Å²) in [6.07, 6.45) is -1.46. The molecule has 1 aliphatic carbocycles. The molecule has 1 amide bonds. The predicted octanol–water partition coefficient (Wildman–Crippen LogP) is 4.64. The lowest BCUT2D eigenvalue weighted by Crippen LogP contribution is -2.44. The Labute approximate surface area is 158 Å². The number of nitrogens with one attached hydrogen (secondary N) is 1. The molecule has 1 aliphatic rings. The van der Waals surface area contributed by atoms with Gasteiger partial charge < -0.3 is 5.32 Å². The van der Waals surface area contributed by atoms with Crippen molar-refractivity contribution in [1.29, 1.82) is 0 Å². The number of amides is 1. The summed E-state index contributed by atoms with van der Waals surface area (Å²) in [6.45, 7) is -0.137. The second-order valence-corrected chi connectivity index (χ2v) is 6.97. The maximum absolute atomic E-state index is 14.2. The van der Waals surface area contributed by atoms with Crippen molar-refractivity contribution in [2.24, 2.45) is 0 Å². The number of hydrogen-bond donors (Lipinski definition) is 1. The standard InChI is InChI=1S/C20H17F4N3O/c21-19(9-5-10-19)12-25-18(28)17-26-16(15-8-3-4-11-27(15)17)13-6-1-2-7-14(13)20(22,23)24/h1-4,6-8,11H,5,9-10,12H2,(H,25,28). The Balaban J connectivity index is 1.77. The van der Waals surface area contributed by atoms with Gasteiger partial charge in [-0.3, -0.25) is 9.20 Å². The summed E-state index contributed by atoms with van der Waals surface area (Å²) in [5, 5.41) is 2.52. The molecule has 0 bridgehead atoms. The van der Waals surface area contributed by atoms with Crippen molar-refractivity contribution >= 4 is 11.4 Å². The molecule has 0 unspecified atom stereocenters. The molecular weight excluding hydrogens is 374 g/mol. The number of alkyl halides is 4. The molecule has 8 heteroatoms. The van der Waals surface area contributed by atoms with E-state index in [0.717, 1.165) is 12.5 Å². The highest BCUT2D eigenvalue weighted by molar-refractivity contribution is 5.95. The van der Waals surface area contributed by atoms with E-state index < -0.39 is 23.3 Å². The van der Waals surface area contributed by atoms with Crippen LogP contribution in [0.1, 0.15) is 35.4 Å². The number of nitrogens with zero attached hydrogens (tertiary/aromatic N) is 2. The van der Waals surface area contributed by atoms with E-state index in [9.17, 15) is 22.4 Å². The molecule has 0 radical (unpaired) electrons. The van der Waals surface area contributed by atoms with Crippen LogP contribution < -0.4 is 5.32 Å². The first kappa shape index (κ1) is 18.5. The van der Waals surface area contributed by atoms with Gasteiger partial charge in [0.05, 0.1) is 23.3 Å². The van der Waals surface area contributed by atoms with Gasteiger partial charge in [0.2, 0.25) is 5.82 Å². The Kier molecular flexibility index (Phi) is 4.36. The minimum atomic E-state index is -4.56. The van der Waals surface area contributed by atoms with Crippen molar-refractivity contribution in [3.05, 3.63) is 60.0 Å². The van der Waals surface area contributed by atoms with Gasteiger partial charge in [-0.15, -0.1) is 0 Å². The fourth-order valence-electron chi connectivity index (χ4n) is 3.39. The molecule has 0 aliphatic heterocycles. The van der Waals surface area contributed by atoms with Crippen LogP contribution in [-0.4, -0.2) is 27.5 Å². The van der Waals surface area contributed by atoms with Crippen molar-refractivity contribution in [2.75, 3.05) is 6.54 Å². The van der Waals surface area contributed by atoms with E-state index in [4.69, 9.17) is 0 Å². The number of benzene rings is 1. The van der Waals surface area contributed by atoms with Crippen molar-refractivity contribution in [3.63, 3.8) is 0 Å². The van der Waals surface area contributed by atoms with E-state index in [2.05, 4.69) is 10.3 Å². The Bertz CT molecular complexity index is 1040. The second kappa shape index (κ2) is 6.61. The SMILES string of the molecule is O=C(NCC1(F)CCC1)c1nc(-c2ccccc2C(F)(F)F)c2ccccn12. The van der Waals surface area contributed by atoms with Crippen molar-refractivity contribution in [3.8, 4) is 11.3 Å². The highest BCUT2D eigenvalue weighted by Gasteiger charge is 2.38. The molecule has 0 saturated heterocycles. The normalized spacial score (nSPS) is 16.0. The fraction of sp³-hybridized carbons (Fsp3) is 0.300. The van der Waals surface area contributed by atoms with E-state index in [-0.39, 0.29) is 23.6 Å². The molecule has 1 saturated carbocycles. The van der Waals surface area contributed by atoms with Gasteiger partial charge in [0.15, 0.2) is 0 Å². The third-order valence-electron chi connectivity index (χ3n) is 5.05. The number of imidazole rings is 1. The third-order valence-corrected chi connectivity index (χ3v) is 5.05. The van der Waals surface area contributed by atoms with E-state index in [1.807, 2.05) is 0 Å². The van der Waals surface area contributed by atoms with Crippen LogP contribution in [0.25, 0.3) is 16.8 Å². The molecule has 28 heavy (non-hydrogen) atoms. The summed E-state index contributed by atoms with van der Waals surface area (Å²) in [7, 11) is 0. The zero-order valence-corrected chi connectivity index (χ0v) is 14.8. The maximum atomic E-state index is 14.2. The smallest absolute Gasteiger partial charge is 0.346 e. The lowest BCUT2D eigenvalue weighted by atomic mass is 9.82. The summed E-state index contributed by atoms with van der Waals surface area (Å²) < 4.78 is 55.9. The Morgan fingerprint density at radius 1 is 1.14 bits per heavy atom. The number of carbonyl (C=O) groups is 1. The van der Waals surface area contributed by atoms with Crippen molar-refractivity contribution < 1.29 is 22.4 Å². The number of rotatable bonds is 4. The Morgan fingerprint density at radius 3 is 2.54 bits per heavy atom. The molecule has 1 fully saturated rings. The van der Waals surface area contributed by atoms with Gasteiger partial charge >= 0.3 is 6.18 Å². The zero-order valence-electron chi connectivity index (χ0n) is 14.8. The van der Waals surface area contributed by atoms with Gasteiger partial charge in [-0.2, -0.15) is 13.2 Å². The highest BCUT2D eigenvalue weighted by Crippen LogP contribution is 2.38. The van der Waals surface area contributed by atoms with Crippen LogP contribution in [0.5, 0.6) is 0 Å². The quantitative estimate of drug-likeness (QED) is 0.659. The van der Waals surface area contributed by atoms with Crippen LogP contribution in [0.4, 0.5) is 17.6 Å². The number of halogens is 4. The number of hydrogen-bond acceptors (Lipinski definition) is 2. The van der Waals surface area contributed by atoms with Crippen LogP contribution >= 0.6 is 0 Å². The molecule has 0 spiro atoms. The van der Waals surface area contributed by atoms with Gasteiger partial charge in [-0.25, -0.2) is 9.37 Å². The van der Waals surface area contributed by atoms with Crippen LogP contribution in [-0.2, 0) is 6.18 Å². The first-order valence-electron chi connectivity index (χ1n) is 8.89. The first-order chi connectivity index (χ1) is 13.3. The van der Waals surface area contributed by atoms with Gasteiger partial charge in [-0.05, 0) is 37.5 Å². The van der Waals surface area contributed by atoms with Crippen molar-refractivity contribution in [2.45, 2.75) is 31.1 Å². The molecule has 3 aromatic rings. The monoisotopic (exact) mass is 391 g/mol. The molecule has 2 aromatic heterocycles. The lowest BCUT2D eigenvalue weighted by molar-refractivity contribution is -0.137. The Morgan fingerprint density at radius 2 is 1.86 bits per heavy atom. The molecular formula is C20H17F4N3O. The van der Waals surface area contributed by atoms with Crippen LogP contribution in [0, 0.1) is 0 Å². The molecule has 0 atom stereocenters. The highest BCUT2D eigenvalue weighted by atomic mass is 19.4. The van der Waals surface area contributed by atoms with E-state index in [1.54, 1.807) is 24.4 Å². The predicted molar refractivity (Wildman–Crippen MR) is 95.7 cm³/mol. The van der Waals surface area contributed by atoms with Crippen molar-refractivity contribution in [1.82, 2.24) is 14.7 Å². The van der Waals surface area contributed by atoms with Gasteiger partial charge in [0.1, 0.15) is 5.67 Å². The number of carbonyl (C=O) groups excluding carboxylic acids is 1. The molecule has 1 N–H and O–H groups in total. The largest absolute Gasteiger partial charge is 0.417 e. The molecule has 2 heterocycles. The number of fused-ring (bicyclic) bond motifs is 1. The second-order valence-electron chi connectivity index (χ2n) is 6.97. The lowest BCUT2D eigenvalue weighted by Gasteiger charge is -2.33. The van der Waals surface area contributed by atoms with Crippen LogP contribution in [0.2, 0.25) is 0 Å². The summed E-state index contributed by atoms with van der Waals surface area (Å²) >= 11 is 0. The molecule has 146 valence electrons. The van der Waals surface area contributed by atoms with Crippen LogP contribution in [0.15, 0.2) is 48.7 Å². The average molecular weight is 391 g/mol. The summed E-state index contributed by atoms with van der Waals surface area (Å²) in [6, 6.07) is 9.99. The maximum Gasteiger partial charge on any atom is 0.417 e. The van der Waals surface area contributed by atoms with E-state index in [0.29, 0.717) is 18.4 Å². The fourth-order valence-corrected chi connectivity index (χ4v) is 3.39. The van der Waals surface area contributed by atoms with E-state index in [1.165, 1.54) is 22.6 Å². The van der Waals surface area contributed by atoms with E-state index >= 15 is 0 Å².